The Morgan fingerprint density at radius 2 is 2.11 bits per heavy atom. The Hall–Kier alpha value is -0.700. The van der Waals surface area contributed by atoms with Gasteiger partial charge in [-0.15, -0.1) is 0 Å². The second kappa shape index (κ2) is 5.74. The molecule has 2 atom stereocenters. The molecule has 7 nitrogen and oxygen atoms in total. The van der Waals surface area contributed by atoms with E-state index in [2.05, 4.69) is 4.72 Å². The van der Waals surface area contributed by atoms with Crippen molar-refractivity contribution in [3.05, 3.63) is 0 Å². The standard InChI is InChI=1S/C11H22N2O5S/c1-11(2)8(7-9(11)18-4)12-19(16,17)13(3)6-5-10(14)15/h8-9,12H,5-7H2,1-4H3,(H,14,15). The van der Waals surface area contributed by atoms with Crippen molar-refractivity contribution in [2.24, 2.45) is 5.41 Å². The molecule has 0 radical (unpaired) electrons. The molecule has 2 N–H and O–H groups in total. The summed E-state index contributed by atoms with van der Waals surface area (Å²) in [5, 5.41) is 8.56. The van der Waals surface area contributed by atoms with Gasteiger partial charge in [0, 0.05) is 32.2 Å². The molecule has 0 aliphatic heterocycles. The van der Waals surface area contributed by atoms with E-state index in [4.69, 9.17) is 9.84 Å². The monoisotopic (exact) mass is 294 g/mol. The maximum absolute atomic E-state index is 12.0. The highest BCUT2D eigenvalue weighted by Crippen LogP contribution is 2.42. The number of nitrogens with one attached hydrogen (secondary N) is 1. The van der Waals surface area contributed by atoms with Crippen molar-refractivity contribution >= 4 is 16.2 Å². The Bertz CT molecular complexity index is 434. The zero-order valence-electron chi connectivity index (χ0n) is 11.7. The van der Waals surface area contributed by atoms with Gasteiger partial charge in [0.15, 0.2) is 0 Å². The Balaban J connectivity index is 2.59. The molecule has 8 heteroatoms. The fraction of sp³-hybridized carbons (Fsp3) is 0.909. The fourth-order valence-electron chi connectivity index (χ4n) is 2.13. The number of ether oxygens (including phenoxy) is 1. The molecular formula is C11H22N2O5S. The molecule has 2 unspecified atom stereocenters. The number of aliphatic carboxylic acids is 1. The predicted octanol–water partition coefficient (Wildman–Crippen LogP) is 0.0408. The van der Waals surface area contributed by atoms with Gasteiger partial charge in [-0.3, -0.25) is 4.79 Å². The first kappa shape index (κ1) is 16.4. The van der Waals surface area contributed by atoms with Gasteiger partial charge in [0.05, 0.1) is 12.5 Å². The first-order valence-electron chi connectivity index (χ1n) is 6.09. The van der Waals surface area contributed by atoms with Crippen molar-refractivity contribution in [3.63, 3.8) is 0 Å². The number of hydrogen-bond donors (Lipinski definition) is 2. The number of carboxylic acids is 1. The van der Waals surface area contributed by atoms with Crippen LogP contribution >= 0.6 is 0 Å². The first-order valence-corrected chi connectivity index (χ1v) is 7.53. The molecule has 0 spiro atoms. The molecule has 0 bridgehead atoms. The average Bonchev–Trinajstić information content (AvgIpc) is 2.30. The van der Waals surface area contributed by atoms with Crippen molar-refractivity contribution in [3.8, 4) is 0 Å². The van der Waals surface area contributed by atoms with Gasteiger partial charge >= 0.3 is 5.97 Å². The predicted molar refractivity (Wildman–Crippen MR) is 69.9 cm³/mol. The number of methoxy groups -OCH3 is 1. The van der Waals surface area contributed by atoms with E-state index in [1.54, 1.807) is 7.11 Å². The van der Waals surface area contributed by atoms with Crippen molar-refractivity contribution in [1.82, 2.24) is 9.03 Å². The van der Waals surface area contributed by atoms with E-state index in [0.29, 0.717) is 6.42 Å². The molecule has 1 aliphatic rings. The Morgan fingerprint density at radius 3 is 2.53 bits per heavy atom. The highest BCUT2D eigenvalue weighted by Gasteiger charge is 2.50. The highest BCUT2D eigenvalue weighted by atomic mass is 32.2. The minimum Gasteiger partial charge on any atom is -0.481 e. The van der Waals surface area contributed by atoms with Gasteiger partial charge in [0.1, 0.15) is 0 Å². The Kier molecular flexibility index (Phi) is 4.94. The number of hydrogen-bond acceptors (Lipinski definition) is 4. The summed E-state index contributed by atoms with van der Waals surface area (Å²) in [7, 11) is -0.681. The van der Waals surface area contributed by atoms with E-state index in [0.717, 1.165) is 4.31 Å². The topological polar surface area (TPSA) is 95.9 Å². The van der Waals surface area contributed by atoms with Crippen LogP contribution in [0.5, 0.6) is 0 Å². The van der Waals surface area contributed by atoms with Crippen LogP contribution < -0.4 is 4.72 Å². The van der Waals surface area contributed by atoms with Crippen LogP contribution in [0.25, 0.3) is 0 Å². The molecule has 1 fully saturated rings. The number of nitrogens with zero attached hydrogens (tertiary/aromatic N) is 1. The van der Waals surface area contributed by atoms with Crippen molar-refractivity contribution in [2.75, 3.05) is 20.7 Å². The van der Waals surface area contributed by atoms with Gasteiger partial charge in [-0.1, -0.05) is 13.8 Å². The minimum absolute atomic E-state index is 0.0320. The van der Waals surface area contributed by atoms with Gasteiger partial charge < -0.3 is 9.84 Å². The summed E-state index contributed by atoms with van der Waals surface area (Å²) >= 11 is 0. The second-order valence-electron chi connectivity index (χ2n) is 5.42. The maximum atomic E-state index is 12.0. The molecule has 1 rings (SSSR count). The quantitative estimate of drug-likeness (QED) is 0.691. The third-order valence-corrected chi connectivity index (χ3v) is 5.39. The molecule has 112 valence electrons. The van der Waals surface area contributed by atoms with Crippen LogP contribution in [0, 0.1) is 5.41 Å². The summed E-state index contributed by atoms with van der Waals surface area (Å²) in [6.07, 6.45) is 0.436. The molecule has 0 saturated heterocycles. The van der Waals surface area contributed by atoms with Gasteiger partial charge in [0.2, 0.25) is 0 Å². The molecule has 19 heavy (non-hydrogen) atoms. The lowest BCUT2D eigenvalue weighted by Crippen LogP contribution is -2.63. The van der Waals surface area contributed by atoms with Crippen molar-refractivity contribution < 1.29 is 23.1 Å². The second-order valence-corrected chi connectivity index (χ2v) is 7.23. The molecule has 0 aromatic heterocycles. The van der Waals surface area contributed by atoms with Crippen LogP contribution in [0.15, 0.2) is 0 Å². The van der Waals surface area contributed by atoms with E-state index >= 15 is 0 Å². The maximum Gasteiger partial charge on any atom is 0.304 e. The zero-order valence-corrected chi connectivity index (χ0v) is 12.5. The molecule has 0 amide bonds. The lowest BCUT2D eigenvalue weighted by Gasteiger charge is -2.51. The first-order chi connectivity index (χ1) is 8.61. The molecular weight excluding hydrogens is 272 g/mol. The Labute approximate surface area is 114 Å². The highest BCUT2D eigenvalue weighted by molar-refractivity contribution is 7.87. The minimum atomic E-state index is -3.65. The van der Waals surface area contributed by atoms with Gasteiger partial charge in [-0.2, -0.15) is 17.4 Å². The van der Waals surface area contributed by atoms with E-state index < -0.39 is 16.2 Å². The smallest absolute Gasteiger partial charge is 0.304 e. The van der Waals surface area contributed by atoms with Gasteiger partial charge in [0.25, 0.3) is 10.2 Å². The summed E-state index contributed by atoms with van der Waals surface area (Å²) < 4.78 is 32.9. The summed E-state index contributed by atoms with van der Waals surface area (Å²) in [5.74, 6) is -1.02. The van der Waals surface area contributed by atoms with Crippen LogP contribution in [-0.4, -0.2) is 56.6 Å². The molecule has 0 aromatic carbocycles. The zero-order chi connectivity index (χ0) is 14.8. The van der Waals surface area contributed by atoms with Crippen LogP contribution in [0.2, 0.25) is 0 Å². The summed E-state index contributed by atoms with van der Waals surface area (Å²) in [6.45, 7) is 3.83. The molecule has 0 aromatic rings. The van der Waals surface area contributed by atoms with Crippen LogP contribution in [0.4, 0.5) is 0 Å². The van der Waals surface area contributed by atoms with Crippen LogP contribution in [-0.2, 0) is 19.7 Å². The summed E-state index contributed by atoms with van der Waals surface area (Å²) in [5.41, 5.74) is -0.268. The Morgan fingerprint density at radius 1 is 1.53 bits per heavy atom. The lowest BCUT2D eigenvalue weighted by molar-refractivity contribution is -0.137. The third-order valence-electron chi connectivity index (χ3n) is 3.80. The summed E-state index contributed by atoms with van der Waals surface area (Å²) in [4.78, 5) is 10.4. The number of rotatable bonds is 7. The van der Waals surface area contributed by atoms with Crippen LogP contribution in [0.1, 0.15) is 26.7 Å². The van der Waals surface area contributed by atoms with Crippen molar-refractivity contribution in [1.29, 1.82) is 0 Å². The normalized spacial score (nSPS) is 26.2. The van der Waals surface area contributed by atoms with E-state index in [1.807, 2.05) is 13.8 Å². The summed E-state index contributed by atoms with van der Waals surface area (Å²) in [6, 6.07) is -0.199. The molecule has 1 aliphatic carbocycles. The lowest BCUT2D eigenvalue weighted by atomic mass is 9.65. The number of carbonyl (C=O) groups is 1. The molecule has 1 saturated carbocycles. The van der Waals surface area contributed by atoms with Crippen molar-refractivity contribution in [2.45, 2.75) is 38.8 Å². The SMILES string of the molecule is COC1CC(NS(=O)(=O)N(C)CCC(=O)O)C1(C)C. The third kappa shape index (κ3) is 3.65. The number of carboxylic acid groups (broad SMARTS) is 1. The molecule has 0 heterocycles. The fourth-order valence-corrected chi connectivity index (χ4v) is 3.40. The van der Waals surface area contributed by atoms with E-state index in [1.165, 1.54) is 7.05 Å². The van der Waals surface area contributed by atoms with E-state index in [9.17, 15) is 13.2 Å². The average molecular weight is 294 g/mol. The largest absolute Gasteiger partial charge is 0.481 e. The van der Waals surface area contributed by atoms with Crippen LogP contribution in [0.3, 0.4) is 0 Å². The van der Waals surface area contributed by atoms with Gasteiger partial charge in [-0.25, -0.2) is 0 Å². The van der Waals surface area contributed by atoms with Gasteiger partial charge in [-0.05, 0) is 6.42 Å². The van der Waals surface area contributed by atoms with E-state index in [-0.39, 0.29) is 30.5 Å².